The summed E-state index contributed by atoms with van der Waals surface area (Å²) >= 11 is 0. The maximum absolute atomic E-state index is 12.9. The maximum atomic E-state index is 12.9. The van der Waals surface area contributed by atoms with E-state index in [-0.39, 0.29) is 17.9 Å². The minimum atomic E-state index is -0.207. The summed E-state index contributed by atoms with van der Waals surface area (Å²) in [5.74, 6) is 0.553. The minimum Gasteiger partial charge on any atom is -0.494 e. The molecule has 6 nitrogen and oxygen atoms in total. The van der Waals surface area contributed by atoms with E-state index in [0.29, 0.717) is 23.5 Å². The van der Waals surface area contributed by atoms with Crippen LogP contribution in [0, 0.1) is 0 Å². The molecular formula is C27H29N3O3. The first kappa shape index (κ1) is 22.6. The van der Waals surface area contributed by atoms with Gasteiger partial charge in [-0.1, -0.05) is 30.3 Å². The van der Waals surface area contributed by atoms with E-state index in [0.717, 1.165) is 31.7 Å². The van der Waals surface area contributed by atoms with Crippen LogP contribution in [-0.4, -0.2) is 35.9 Å². The number of carbonyl (C=O) groups excluding carboxylic acids is 2. The maximum Gasteiger partial charge on any atom is 0.255 e. The average molecular weight is 444 g/mol. The van der Waals surface area contributed by atoms with Gasteiger partial charge < -0.3 is 15.4 Å². The Balaban J connectivity index is 1.33. The molecule has 1 aliphatic heterocycles. The smallest absolute Gasteiger partial charge is 0.255 e. The van der Waals surface area contributed by atoms with E-state index < -0.39 is 0 Å². The Morgan fingerprint density at radius 1 is 0.909 bits per heavy atom. The van der Waals surface area contributed by atoms with Crippen LogP contribution in [0.15, 0.2) is 78.9 Å². The van der Waals surface area contributed by atoms with E-state index >= 15 is 0 Å². The van der Waals surface area contributed by atoms with E-state index in [1.54, 1.807) is 36.4 Å². The predicted octanol–water partition coefficient (Wildman–Crippen LogP) is 4.94. The molecule has 1 atom stereocenters. The molecule has 0 aliphatic carbocycles. The highest BCUT2D eigenvalue weighted by molar-refractivity contribution is 6.04. The average Bonchev–Trinajstić information content (AvgIpc) is 3.30. The molecule has 0 bridgehead atoms. The SMILES string of the molecule is CCOc1ccc(NC(=O)c2ccc(NC(=O)C3CCCN3Cc3ccccc3)cc2)cc1. The van der Waals surface area contributed by atoms with Gasteiger partial charge in [-0.15, -0.1) is 0 Å². The lowest BCUT2D eigenvalue weighted by Crippen LogP contribution is -2.39. The van der Waals surface area contributed by atoms with Crippen LogP contribution < -0.4 is 15.4 Å². The van der Waals surface area contributed by atoms with Gasteiger partial charge in [0.15, 0.2) is 0 Å². The molecule has 3 aromatic carbocycles. The fourth-order valence-electron chi connectivity index (χ4n) is 4.07. The number of anilines is 2. The second-order valence-corrected chi connectivity index (χ2v) is 8.09. The van der Waals surface area contributed by atoms with Crippen molar-refractivity contribution >= 4 is 23.2 Å². The lowest BCUT2D eigenvalue weighted by atomic mass is 10.1. The molecule has 1 unspecified atom stereocenters. The number of likely N-dealkylation sites (tertiary alicyclic amines) is 1. The zero-order valence-corrected chi connectivity index (χ0v) is 18.8. The summed E-state index contributed by atoms with van der Waals surface area (Å²) in [5.41, 5.74) is 3.11. The van der Waals surface area contributed by atoms with Gasteiger partial charge in [0.2, 0.25) is 5.91 Å². The highest BCUT2D eigenvalue weighted by Crippen LogP contribution is 2.22. The predicted molar refractivity (Wildman–Crippen MR) is 131 cm³/mol. The molecule has 33 heavy (non-hydrogen) atoms. The summed E-state index contributed by atoms with van der Waals surface area (Å²) in [6.45, 7) is 4.21. The van der Waals surface area contributed by atoms with Gasteiger partial charge in [0.25, 0.3) is 5.91 Å². The zero-order valence-electron chi connectivity index (χ0n) is 18.8. The first-order chi connectivity index (χ1) is 16.1. The van der Waals surface area contributed by atoms with Crippen LogP contribution >= 0.6 is 0 Å². The lowest BCUT2D eigenvalue weighted by Gasteiger charge is -2.23. The first-order valence-electron chi connectivity index (χ1n) is 11.4. The molecule has 6 heteroatoms. The Morgan fingerprint density at radius 3 is 2.27 bits per heavy atom. The Hall–Kier alpha value is -3.64. The van der Waals surface area contributed by atoms with Crippen molar-refractivity contribution in [2.24, 2.45) is 0 Å². The summed E-state index contributed by atoms with van der Waals surface area (Å²) in [6, 6.07) is 24.3. The molecule has 2 N–H and O–H groups in total. The fraction of sp³-hybridized carbons (Fsp3) is 0.259. The van der Waals surface area contributed by atoms with Crippen LogP contribution in [0.2, 0.25) is 0 Å². The summed E-state index contributed by atoms with van der Waals surface area (Å²) in [5, 5.41) is 5.88. The Labute approximate surface area is 194 Å². The topological polar surface area (TPSA) is 70.7 Å². The largest absolute Gasteiger partial charge is 0.494 e. The number of benzene rings is 3. The number of hydrogen-bond donors (Lipinski definition) is 2. The van der Waals surface area contributed by atoms with Gasteiger partial charge in [0, 0.05) is 23.5 Å². The number of ether oxygens (including phenoxy) is 1. The molecule has 170 valence electrons. The zero-order chi connectivity index (χ0) is 23.0. The minimum absolute atomic E-state index is 0.00461. The molecule has 1 saturated heterocycles. The number of carbonyl (C=O) groups is 2. The molecule has 3 aromatic rings. The summed E-state index contributed by atoms with van der Waals surface area (Å²) < 4.78 is 5.42. The normalized spacial score (nSPS) is 15.7. The van der Waals surface area contributed by atoms with Gasteiger partial charge in [0.05, 0.1) is 12.6 Å². The molecule has 0 spiro atoms. The van der Waals surface area contributed by atoms with E-state index in [2.05, 4.69) is 27.7 Å². The molecule has 1 heterocycles. The van der Waals surface area contributed by atoms with Crippen LogP contribution in [0.25, 0.3) is 0 Å². The van der Waals surface area contributed by atoms with Crippen molar-refractivity contribution in [3.63, 3.8) is 0 Å². The molecule has 0 saturated carbocycles. The van der Waals surface area contributed by atoms with E-state index in [1.807, 2.05) is 37.3 Å². The van der Waals surface area contributed by atoms with Crippen LogP contribution in [0.1, 0.15) is 35.7 Å². The molecular weight excluding hydrogens is 414 g/mol. The van der Waals surface area contributed by atoms with Crippen molar-refractivity contribution in [2.75, 3.05) is 23.8 Å². The molecule has 0 aromatic heterocycles. The lowest BCUT2D eigenvalue weighted by molar-refractivity contribution is -0.120. The van der Waals surface area contributed by atoms with Gasteiger partial charge >= 0.3 is 0 Å². The molecule has 2 amide bonds. The van der Waals surface area contributed by atoms with Gasteiger partial charge in [-0.25, -0.2) is 0 Å². The molecule has 0 radical (unpaired) electrons. The van der Waals surface area contributed by atoms with Crippen molar-refractivity contribution in [1.82, 2.24) is 4.90 Å². The molecule has 1 fully saturated rings. The quantitative estimate of drug-likeness (QED) is 0.517. The van der Waals surface area contributed by atoms with E-state index in [1.165, 1.54) is 5.56 Å². The number of amides is 2. The first-order valence-corrected chi connectivity index (χ1v) is 11.4. The van der Waals surface area contributed by atoms with Crippen molar-refractivity contribution in [1.29, 1.82) is 0 Å². The van der Waals surface area contributed by atoms with Crippen molar-refractivity contribution in [3.05, 3.63) is 90.0 Å². The van der Waals surface area contributed by atoms with Crippen molar-refractivity contribution < 1.29 is 14.3 Å². The third kappa shape index (κ3) is 5.99. The fourth-order valence-corrected chi connectivity index (χ4v) is 4.07. The monoisotopic (exact) mass is 443 g/mol. The van der Waals surface area contributed by atoms with E-state index in [4.69, 9.17) is 4.74 Å². The summed E-state index contributed by atoms with van der Waals surface area (Å²) in [7, 11) is 0. The number of nitrogens with zero attached hydrogens (tertiary/aromatic N) is 1. The van der Waals surface area contributed by atoms with Crippen LogP contribution in [0.4, 0.5) is 11.4 Å². The Kier molecular flexibility index (Phi) is 7.37. The van der Waals surface area contributed by atoms with Crippen LogP contribution in [-0.2, 0) is 11.3 Å². The summed E-state index contributed by atoms with van der Waals surface area (Å²) in [4.78, 5) is 27.7. The number of nitrogens with one attached hydrogen (secondary N) is 2. The van der Waals surface area contributed by atoms with Gasteiger partial charge in [0.1, 0.15) is 5.75 Å². The Morgan fingerprint density at radius 2 is 1.58 bits per heavy atom. The van der Waals surface area contributed by atoms with Crippen LogP contribution in [0.5, 0.6) is 5.75 Å². The number of hydrogen-bond acceptors (Lipinski definition) is 4. The van der Waals surface area contributed by atoms with Crippen molar-refractivity contribution in [3.8, 4) is 5.75 Å². The van der Waals surface area contributed by atoms with E-state index in [9.17, 15) is 9.59 Å². The summed E-state index contributed by atoms with van der Waals surface area (Å²) in [6.07, 6.45) is 1.86. The van der Waals surface area contributed by atoms with Crippen molar-refractivity contribution in [2.45, 2.75) is 32.4 Å². The van der Waals surface area contributed by atoms with Gasteiger partial charge in [-0.05, 0) is 80.4 Å². The highest BCUT2D eigenvalue weighted by Gasteiger charge is 2.30. The third-order valence-electron chi connectivity index (χ3n) is 5.73. The van der Waals surface area contributed by atoms with Gasteiger partial charge in [-0.3, -0.25) is 14.5 Å². The standard InChI is InChI=1S/C27H29N3O3/c1-2-33-24-16-14-23(15-17-24)28-26(31)21-10-12-22(13-11-21)29-27(32)25-9-6-18-30(25)19-20-7-4-3-5-8-20/h3-5,7-8,10-17,25H,2,6,9,18-19H2,1H3,(H,28,31)(H,29,32). The highest BCUT2D eigenvalue weighted by atomic mass is 16.5. The Bertz CT molecular complexity index is 1070. The number of rotatable bonds is 8. The second kappa shape index (κ2) is 10.8. The van der Waals surface area contributed by atoms with Gasteiger partial charge in [-0.2, -0.15) is 0 Å². The van der Waals surface area contributed by atoms with Crippen LogP contribution in [0.3, 0.4) is 0 Å². The molecule has 4 rings (SSSR count). The second-order valence-electron chi connectivity index (χ2n) is 8.09. The third-order valence-corrected chi connectivity index (χ3v) is 5.73. The molecule has 1 aliphatic rings.